The lowest BCUT2D eigenvalue weighted by Crippen LogP contribution is -2.32. The van der Waals surface area contributed by atoms with Gasteiger partial charge < -0.3 is 5.32 Å². The number of nitrogens with zero attached hydrogens (tertiary/aromatic N) is 2. The molecule has 1 N–H and O–H groups in total. The van der Waals surface area contributed by atoms with Gasteiger partial charge in [0.05, 0.1) is 11.0 Å². The number of hydrogen-bond acceptors (Lipinski definition) is 2. The molecule has 3 aromatic rings. The van der Waals surface area contributed by atoms with Gasteiger partial charge in [0.25, 0.3) is 0 Å². The van der Waals surface area contributed by atoms with E-state index in [0.29, 0.717) is 6.54 Å². The lowest BCUT2D eigenvalue weighted by Gasteiger charge is -2.06. The Bertz CT molecular complexity index is 862. The van der Waals surface area contributed by atoms with E-state index in [1.165, 1.54) is 4.57 Å². The van der Waals surface area contributed by atoms with E-state index >= 15 is 0 Å². The number of imidazole rings is 1. The Labute approximate surface area is 127 Å². The van der Waals surface area contributed by atoms with Crippen LogP contribution < -0.4 is 11.0 Å². The van der Waals surface area contributed by atoms with E-state index in [2.05, 4.69) is 5.32 Å². The van der Waals surface area contributed by atoms with Crippen molar-refractivity contribution in [3.63, 3.8) is 0 Å². The van der Waals surface area contributed by atoms with Crippen molar-refractivity contribution in [2.75, 3.05) is 0 Å². The molecular formula is C17H17N3O2. The van der Waals surface area contributed by atoms with Crippen molar-refractivity contribution >= 4 is 16.9 Å². The topological polar surface area (TPSA) is 56.0 Å². The second kappa shape index (κ2) is 5.89. The van der Waals surface area contributed by atoms with Crippen LogP contribution in [0.2, 0.25) is 0 Å². The Hall–Kier alpha value is -2.82. The number of hydrogen-bond donors (Lipinski definition) is 1. The van der Waals surface area contributed by atoms with Gasteiger partial charge in [-0.3, -0.25) is 13.9 Å². The lowest BCUT2D eigenvalue weighted by molar-refractivity contribution is -0.121. The molecule has 2 aromatic carbocycles. The largest absolute Gasteiger partial charge is 0.350 e. The molecule has 22 heavy (non-hydrogen) atoms. The fraction of sp³-hybridized carbons (Fsp3) is 0.176. The number of aromatic nitrogens is 2. The van der Waals surface area contributed by atoms with Crippen molar-refractivity contribution in [3.8, 4) is 0 Å². The first-order valence-corrected chi connectivity index (χ1v) is 7.11. The van der Waals surface area contributed by atoms with Crippen LogP contribution in [0.1, 0.15) is 5.56 Å². The summed E-state index contributed by atoms with van der Waals surface area (Å²) in [5, 5.41) is 2.84. The van der Waals surface area contributed by atoms with Crippen LogP contribution in [0, 0.1) is 0 Å². The van der Waals surface area contributed by atoms with Crippen LogP contribution in [0.25, 0.3) is 11.0 Å². The highest BCUT2D eigenvalue weighted by atomic mass is 16.2. The van der Waals surface area contributed by atoms with Gasteiger partial charge in [-0.15, -0.1) is 0 Å². The van der Waals surface area contributed by atoms with Crippen LogP contribution in [0.4, 0.5) is 0 Å². The summed E-state index contributed by atoms with van der Waals surface area (Å²) >= 11 is 0. The zero-order valence-electron chi connectivity index (χ0n) is 12.3. The first kappa shape index (κ1) is 14.1. The maximum atomic E-state index is 12.2. The molecule has 0 atom stereocenters. The number of carbonyl (C=O) groups is 1. The van der Waals surface area contributed by atoms with Crippen molar-refractivity contribution in [2.24, 2.45) is 7.05 Å². The smallest absolute Gasteiger partial charge is 0.329 e. The molecule has 0 radical (unpaired) electrons. The Kier molecular flexibility index (Phi) is 3.78. The van der Waals surface area contributed by atoms with Gasteiger partial charge in [0.2, 0.25) is 5.91 Å². The quantitative estimate of drug-likeness (QED) is 0.796. The lowest BCUT2D eigenvalue weighted by atomic mass is 10.2. The summed E-state index contributed by atoms with van der Waals surface area (Å²) in [7, 11) is 1.71. The maximum absolute atomic E-state index is 12.2. The van der Waals surface area contributed by atoms with E-state index in [1.807, 2.05) is 54.6 Å². The third-order valence-corrected chi connectivity index (χ3v) is 3.69. The standard InChI is InChI=1S/C17H17N3O2/c1-19-14-9-5-6-10-15(14)20(17(19)22)12-16(21)18-11-13-7-3-2-4-8-13/h2-10H,11-12H2,1H3,(H,18,21). The zero-order valence-corrected chi connectivity index (χ0v) is 12.3. The highest BCUT2D eigenvalue weighted by Crippen LogP contribution is 2.11. The van der Waals surface area contributed by atoms with Crippen LogP contribution in [0.15, 0.2) is 59.4 Å². The fourth-order valence-electron chi connectivity index (χ4n) is 2.51. The average Bonchev–Trinajstić information content (AvgIpc) is 2.79. The summed E-state index contributed by atoms with van der Waals surface area (Å²) in [6.45, 7) is 0.478. The van der Waals surface area contributed by atoms with Crippen LogP contribution in [-0.4, -0.2) is 15.0 Å². The van der Waals surface area contributed by atoms with Gasteiger partial charge in [-0.25, -0.2) is 4.79 Å². The predicted octanol–water partition coefficient (Wildman–Crippen LogP) is 1.66. The molecular weight excluding hydrogens is 278 g/mol. The molecule has 1 heterocycles. The van der Waals surface area contributed by atoms with E-state index in [4.69, 9.17) is 0 Å². The molecule has 0 bridgehead atoms. The highest BCUT2D eigenvalue weighted by molar-refractivity contribution is 5.80. The molecule has 0 fully saturated rings. The monoisotopic (exact) mass is 295 g/mol. The molecule has 0 saturated heterocycles. The Morgan fingerprint density at radius 2 is 1.64 bits per heavy atom. The summed E-state index contributed by atoms with van der Waals surface area (Å²) in [4.78, 5) is 24.4. The minimum Gasteiger partial charge on any atom is -0.350 e. The molecule has 0 spiro atoms. The second-order valence-electron chi connectivity index (χ2n) is 5.18. The van der Waals surface area contributed by atoms with Crippen LogP contribution in [0.3, 0.4) is 0 Å². The van der Waals surface area contributed by atoms with Gasteiger partial charge in [0.1, 0.15) is 6.54 Å². The SMILES string of the molecule is Cn1c(=O)n(CC(=O)NCc2ccccc2)c2ccccc21. The first-order chi connectivity index (χ1) is 10.7. The number of carbonyl (C=O) groups excluding carboxylic acids is 1. The summed E-state index contributed by atoms with van der Waals surface area (Å²) in [6.07, 6.45) is 0. The van der Waals surface area contributed by atoms with Gasteiger partial charge in [-0.05, 0) is 17.7 Å². The third-order valence-electron chi connectivity index (χ3n) is 3.69. The number of fused-ring (bicyclic) bond motifs is 1. The molecule has 0 aliphatic heterocycles. The fourth-order valence-corrected chi connectivity index (χ4v) is 2.51. The molecule has 0 aliphatic rings. The number of amides is 1. The Morgan fingerprint density at radius 3 is 2.36 bits per heavy atom. The molecule has 0 saturated carbocycles. The zero-order chi connectivity index (χ0) is 15.5. The second-order valence-corrected chi connectivity index (χ2v) is 5.18. The normalized spacial score (nSPS) is 10.8. The van der Waals surface area contributed by atoms with Gasteiger partial charge in [0.15, 0.2) is 0 Å². The molecule has 5 heteroatoms. The highest BCUT2D eigenvalue weighted by Gasteiger charge is 2.12. The van der Waals surface area contributed by atoms with E-state index in [-0.39, 0.29) is 18.1 Å². The minimum absolute atomic E-state index is 0.0209. The van der Waals surface area contributed by atoms with Gasteiger partial charge in [0, 0.05) is 13.6 Å². The maximum Gasteiger partial charge on any atom is 0.329 e. The van der Waals surface area contributed by atoms with Gasteiger partial charge >= 0.3 is 5.69 Å². The van der Waals surface area contributed by atoms with Gasteiger partial charge in [-0.1, -0.05) is 42.5 Å². The van der Waals surface area contributed by atoms with Crippen molar-refractivity contribution in [1.29, 1.82) is 0 Å². The van der Waals surface area contributed by atoms with Crippen LogP contribution >= 0.6 is 0 Å². The molecule has 0 unspecified atom stereocenters. The summed E-state index contributed by atoms with van der Waals surface area (Å²) in [5.41, 5.74) is 2.44. The minimum atomic E-state index is -0.184. The first-order valence-electron chi connectivity index (χ1n) is 7.11. The molecule has 3 rings (SSSR count). The van der Waals surface area contributed by atoms with Crippen LogP contribution in [-0.2, 0) is 24.9 Å². The van der Waals surface area contributed by atoms with Gasteiger partial charge in [-0.2, -0.15) is 0 Å². The number of aryl methyl sites for hydroxylation is 1. The van der Waals surface area contributed by atoms with E-state index in [1.54, 1.807) is 11.6 Å². The van der Waals surface area contributed by atoms with E-state index < -0.39 is 0 Å². The average molecular weight is 295 g/mol. The summed E-state index contributed by atoms with van der Waals surface area (Å²) < 4.78 is 3.05. The Morgan fingerprint density at radius 1 is 1.00 bits per heavy atom. The molecule has 1 amide bonds. The van der Waals surface area contributed by atoms with E-state index in [0.717, 1.165) is 16.6 Å². The van der Waals surface area contributed by atoms with Crippen molar-refractivity contribution in [3.05, 3.63) is 70.6 Å². The van der Waals surface area contributed by atoms with Crippen molar-refractivity contribution < 1.29 is 4.79 Å². The molecule has 112 valence electrons. The molecule has 0 aliphatic carbocycles. The molecule has 5 nitrogen and oxygen atoms in total. The Balaban J connectivity index is 1.77. The van der Waals surface area contributed by atoms with Crippen molar-refractivity contribution in [1.82, 2.24) is 14.5 Å². The number of benzene rings is 2. The number of nitrogens with one attached hydrogen (secondary N) is 1. The van der Waals surface area contributed by atoms with Crippen molar-refractivity contribution in [2.45, 2.75) is 13.1 Å². The summed E-state index contributed by atoms with van der Waals surface area (Å²) in [6, 6.07) is 17.1. The number of rotatable bonds is 4. The predicted molar refractivity (Wildman–Crippen MR) is 85.5 cm³/mol. The van der Waals surface area contributed by atoms with E-state index in [9.17, 15) is 9.59 Å². The molecule has 1 aromatic heterocycles. The van der Waals surface area contributed by atoms with Crippen LogP contribution in [0.5, 0.6) is 0 Å². The number of para-hydroxylation sites is 2. The summed E-state index contributed by atoms with van der Waals surface area (Å²) in [5.74, 6) is -0.178. The third kappa shape index (κ3) is 2.65.